The molecule has 2 saturated heterocycles. The lowest BCUT2D eigenvalue weighted by Gasteiger charge is -2.36. The smallest absolute Gasteiger partial charge is 0.282 e. The Labute approximate surface area is 123 Å². The highest BCUT2D eigenvalue weighted by Gasteiger charge is 2.41. The minimum Gasteiger partial charge on any atom is -0.329 e. The topological polar surface area (TPSA) is 66.6 Å². The van der Waals surface area contributed by atoms with Crippen LogP contribution in [0, 0.1) is 11.3 Å². The van der Waals surface area contributed by atoms with Crippen LogP contribution < -0.4 is 5.73 Å². The van der Waals surface area contributed by atoms with Gasteiger partial charge in [-0.2, -0.15) is 17.0 Å². The molecule has 2 unspecified atom stereocenters. The molecule has 0 aliphatic carbocycles. The lowest BCUT2D eigenvalue weighted by molar-refractivity contribution is 0.228. The molecule has 0 saturated carbocycles. The van der Waals surface area contributed by atoms with Gasteiger partial charge in [0.2, 0.25) is 0 Å². The molecule has 2 rings (SSSR count). The van der Waals surface area contributed by atoms with E-state index in [0.29, 0.717) is 32.1 Å². The second-order valence-electron chi connectivity index (χ2n) is 7.21. The van der Waals surface area contributed by atoms with Crippen molar-refractivity contribution in [1.82, 2.24) is 8.61 Å². The molecule has 2 aliphatic heterocycles. The van der Waals surface area contributed by atoms with Crippen LogP contribution in [0.3, 0.4) is 0 Å². The highest BCUT2D eigenvalue weighted by atomic mass is 32.2. The molecule has 2 fully saturated rings. The molecule has 2 N–H and O–H groups in total. The summed E-state index contributed by atoms with van der Waals surface area (Å²) < 4.78 is 29.0. The molecule has 5 nitrogen and oxygen atoms in total. The average molecular weight is 303 g/mol. The zero-order valence-corrected chi connectivity index (χ0v) is 13.8. The first-order chi connectivity index (χ1) is 9.26. The van der Waals surface area contributed by atoms with E-state index in [2.05, 4.69) is 20.8 Å². The lowest BCUT2D eigenvalue weighted by atomic mass is 9.80. The molecule has 0 bridgehead atoms. The second kappa shape index (κ2) is 5.91. The van der Waals surface area contributed by atoms with Crippen LogP contribution in [-0.2, 0) is 10.2 Å². The van der Waals surface area contributed by atoms with Crippen molar-refractivity contribution in [2.24, 2.45) is 17.1 Å². The van der Waals surface area contributed by atoms with Gasteiger partial charge in [0.15, 0.2) is 0 Å². The number of rotatable bonds is 3. The summed E-state index contributed by atoms with van der Waals surface area (Å²) in [5, 5.41) is 0. The maximum atomic E-state index is 12.8. The van der Waals surface area contributed by atoms with Crippen LogP contribution in [0.2, 0.25) is 0 Å². The van der Waals surface area contributed by atoms with E-state index < -0.39 is 10.2 Å². The molecule has 2 heterocycles. The summed E-state index contributed by atoms with van der Waals surface area (Å²) >= 11 is 0. The predicted molar refractivity (Wildman–Crippen MR) is 81.5 cm³/mol. The Balaban J connectivity index is 2.11. The third-order valence-electron chi connectivity index (χ3n) is 4.84. The molecule has 2 atom stereocenters. The average Bonchev–Trinajstić information content (AvgIpc) is 2.88. The van der Waals surface area contributed by atoms with E-state index in [4.69, 9.17) is 5.73 Å². The number of nitrogens with zero attached hydrogens (tertiary/aromatic N) is 2. The molecular weight excluding hydrogens is 274 g/mol. The van der Waals surface area contributed by atoms with E-state index in [0.717, 1.165) is 25.7 Å². The quantitative estimate of drug-likeness (QED) is 0.857. The Morgan fingerprint density at radius 2 is 1.85 bits per heavy atom. The van der Waals surface area contributed by atoms with E-state index in [1.165, 1.54) is 0 Å². The fourth-order valence-corrected chi connectivity index (χ4v) is 5.24. The minimum atomic E-state index is -3.33. The highest BCUT2D eigenvalue weighted by Crippen LogP contribution is 2.35. The van der Waals surface area contributed by atoms with Crippen LogP contribution in [0.4, 0.5) is 0 Å². The molecule has 6 heteroatoms. The van der Waals surface area contributed by atoms with Crippen molar-refractivity contribution in [3.63, 3.8) is 0 Å². The summed E-state index contributed by atoms with van der Waals surface area (Å²) in [6.07, 6.45) is 3.89. The maximum absolute atomic E-state index is 12.8. The second-order valence-corrected chi connectivity index (χ2v) is 9.09. The van der Waals surface area contributed by atoms with Crippen molar-refractivity contribution in [3.8, 4) is 0 Å². The first kappa shape index (κ1) is 16.2. The fourth-order valence-electron chi connectivity index (χ4n) is 3.31. The van der Waals surface area contributed by atoms with E-state index in [9.17, 15) is 8.42 Å². The third kappa shape index (κ3) is 3.18. The molecule has 0 spiro atoms. The standard InChI is InChI=1S/C14H29N3O2S/c1-14(2,3)12-7-9-16(11-12)20(18,19)17-8-5-4-6-13(17)10-15/h12-13H,4-11,15H2,1-3H3. The van der Waals surface area contributed by atoms with Gasteiger partial charge < -0.3 is 5.73 Å². The summed E-state index contributed by atoms with van der Waals surface area (Å²) in [5.74, 6) is 0.443. The highest BCUT2D eigenvalue weighted by molar-refractivity contribution is 7.86. The number of hydrogen-bond acceptors (Lipinski definition) is 3. The van der Waals surface area contributed by atoms with Crippen LogP contribution in [0.5, 0.6) is 0 Å². The Morgan fingerprint density at radius 1 is 1.15 bits per heavy atom. The van der Waals surface area contributed by atoms with Crippen LogP contribution in [0.15, 0.2) is 0 Å². The zero-order valence-electron chi connectivity index (χ0n) is 13.0. The Kier molecular flexibility index (Phi) is 4.79. The molecule has 118 valence electrons. The third-order valence-corrected chi connectivity index (χ3v) is 6.90. The number of piperidine rings is 1. The van der Waals surface area contributed by atoms with Crippen molar-refractivity contribution in [2.75, 3.05) is 26.2 Å². The Bertz CT molecular complexity index is 430. The molecule has 0 radical (unpaired) electrons. The largest absolute Gasteiger partial charge is 0.329 e. The predicted octanol–water partition coefficient (Wildman–Crippen LogP) is 1.41. The van der Waals surface area contributed by atoms with Crippen molar-refractivity contribution >= 4 is 10.2 Å². The lowest BCUT2D eigenvalue weighted by Crippen LogP contribution is -2.52. The van der Waals surface area contributed by atoms with Crippen molar-refractivity contribution in [1.29, 1.82) is 0 Å². The first-order valence-corrected chi connectivity index (χ1v) is 9.13. The zero-order chi connectivity index (χ0) is 15.0. The summed E-state index contributed by atoms with van der Waals surface area (Å²) in [7, 11) is -3.33. The maximum Gasteiger partial charge on any atom is 0.282 e. The van der Waals surface area contributed by atoms with Crippen molar-refractivity contribution < 1.29 is 8.42 Å². The molecule has 2 aliphatic rings. The van der Waals surface area contributed by atoms with E-state index in [-0.39, 0.29) is 11.5 Å². The van der Waals surface area contributed by atoms with Crippen LogP contribution in [0.1, 0.15) is 46.5 Å². The SMILES string of the molecule is CC(C)(C)C1CCN(S(=O)(=O)N2CCCCC2CN)C1. The van der Waals surface area contributed by atoms with Crippen LogP contribution in [0.25, 0.3) is 0 Å². The normalized spacial score (nSPS) is 30.8. The van der Waals surface area contributed by atoms with Crippen LogP contribution in [-0.4, -0.2) is 49.2 Å². The van der Waals surface area contributed by atoms with Crippen molar-refractivity contribution in [2.45, 2.75) is 52.5 Å². The van der Waals surface area contributed by atoms with Gasteiger partial charge in [-0.3, -0.25) is 0 Å². The molecule has 0 aromatic heterocycles. The summed E-state index contributed by atoms with van der Waals surface area (Å²) in [5.41, 5.74) is 5.93. The molecule has 20 heavy (non-hydrogen) atoms. The monoisotopic (exact) mass is 303 g/mol. The summed E-state index contributed by atoms with van der Waals surface area (Å²) in [4.78, 5) is 0. The van der Waals surface area contributed by atoms with Crippen LogP contribution >= 0.6 is 0 Å². The summed E-state index contributed by atoms with van der Waals surface area (Å²) in [6, 6.07) is -0.0116. The van der Waals surface area contributed by atoms with Gasteiger partial charge in [0, 0.05) is 32.2 Å². The van der Waals surface area contributed by atoms with Crippen molar-refractivity contribution in [3.05, 3.63) is 0 Å². The fraction of sp³-hybridized carbons (Fsp3) is 1.00. The Morgan fingerprint density at radius 3 is 2.40 bits per heavy atom. The van der Waals surface area contributed by atoms with Gasteiger partial charge >= 0.3 is 0 Å². The van der Waals surface area contributed by atoms with Gasteiger partial charge in [0.25, 0.3) is 10.2 Å². The van der Waals surface area contributed by atoms with Gasteiger partial charge in [-0.25, -0.2) is 0 Å². The van der Waals surface area contributed by atoms with E-state index in [1.54, 1.807) is 8.61 Å². The summed E-state index contributed by atoms with van der Waals surface area (Å²) in [6.45, 7) is 8.93. The van der Waals surface area contributed by atoms with Gasteiger partial charge in [-0.15, -0.1) is 0 Å². The number of hydrogen-bond donors (Lipinski definition) is 1. The van der Waals surface area contributed by atoms with Gasteiger partial charge in [0.1, 0.15) is 0 Å². The first-order valence-electron chi connectivity index (χ1n) is 7.74. The molecular formula is C14H29N3O2S. The van der Waals surface area contributed by atoms with Gasteiger partial charge in [-0.1, -0.05) is 27.2 Å². The Hall–Kier alpha value is -0.170. The molecule has 0 amide bonds. The van der Waals surface area contributed by atoms with Gasteiger partial charge in [-0.05, 0) is 30.6 Å². The van der Waals surface area contributed by atoms with E-state index in [1.807, 2.05) is 0 Å². The molecule has 0 aromatic rings. The number of nitrogens with two attached hydrogens (primary N) is 1. The van der Waals surface area contributed by atoms with E-state index >= 15 is 0 Å². The minimum absolute atomic E-state index is 0.0116. The molecule has 0 aromatic carbocycles. The van der Waals surface area contributed by atoms with Gasteiger partial charge in [0.05, 0.1) is 0 Å².